The van der Waals surface area contributed by atoms with Gasteiger partial charge in [0.2, 0.25) is 29.5 Å². The summed E-state index contributed by atoms with van der Waals surface area (Å²) in [5, 5.41) is 51.8. The number of aromatic nitrogens is 3. The van der Waals surface area contributed by atoms with Crippen LogP contribution in [0.1, 0.15) is 155 Å². The Bertz CT molecular complexity index is 3830. The van der Waals surface area contributed by atoms with Crippen molar-refractivity contribution in [2.45, 2.75) is 160 Å². The second-order valence-electron chi connectivity index (χ2n) is 24.5. The van der Waals surface area contributed by atoms with Gasteiger partial charge in [-0.15, -0.1) is 0 Å². The number of benzene rings is 2. The van der Waals surface area contributed by atoms with Crippen molar-refractivity contribution in [2.75, 3.05) is 57.1 Å². The lowest BCUT2D eigenvalue weighted by molar-refractivity contribution is -0.148. The van der Waals surface area contributed by atoms with E-state index in [2.05, 4.69) is 75.1 Å². The van der Waals surface area contributed by atoms with Gasteiger partial charge in [-0.1, -0.05) is 83.5 Å². The first kappa shape index (κ1) is 82.6. The number of aliphatic carboxylic acids is 3. The van der Waals surface area contributed by atoms with Crippen molar-refractivity contribution < 1.29 is 91.1 Å². The van der Waals surface area contributed by atoms with Crippen LogP contribution in [-0.4, -0.2) is 185 Å². The van der Waals surface area contributed by atoms with E-state index in [9.17, 15) is 58.5 Å². The molecule has 0 radical (unpaired) electrons. The number of nitrogens with zero attached hydrogens (tertiary/aromatic N) is 5. The average Bonchev–Trinajstić information content (AvgIpc) is 0.812. The van der Waals surface area contributed by atoms with Crippen LogP contribution in [0.15, 0.2) is 77.4 Å². The van der Waals surface area contributed by atoms with E-state index in [0.717, 1.165) is 52.3 Å². The van der Waals surface area contributed by atoms with Gasteiger partial charge >= 0.3 is 17.9 Å². The summed E-state index contributed by atoms with van der Waals surface area (Å²) in [7, 11) is 3.19. The monoisotopic (exact) mass is 1520 g/mol. The van der Waals surface area contributed by atoms with Gasteiger partial charge in [-0.3, -0.25) is 52.0 Å². The van der Waals surface area contributed by atoms with E-state index < -0.39 is 100.0 Å². The normalized spacial score (nSPS) is 18.3. The Morgan fingerprint density at radius 1 is 0.845 bits per heavy atom. The SMILES string of the molecule is CCCc1cc2c(cc1C)C(c1ccccc1C(=O)N(C)CCCC(=O)NC(CCCSSCCC(=O)NCC#Cc1cn([C@H]3CC(O)[C@@H](COPOPOPO)O3)c3ncnc(N)c13)C(=O)NCCCCCC(=O)NC(CC(=O)O)C(=O)NC(CC(=O)O)C(=O)O)C1C=C(C)/C(=N/CC)C=C1O2. The molecule has 7 rings (SSSR count). The Morgan fingerprint density at radius 3 is 2.32 bits per heavy atom. The van der Waals surface area contributed by atoms with Crippen LogP contribution in [0.4, 0.5) is 5.82 Å². The Kier molecular flexibility index (Phi) is 34.0. The van der Waals surface area contributed by atoms with Crippen LogP contribution in [0.25, 0.3) is 11.0 Å². The smallest absolute Gasteiger partial charge is 0.326 e. The van der Waals surface area contributed by atoms with Gasteiger partial charge in [-0.05, 0) is 93.7 Å². The van der Waals surface area contributed by atoms with Gasteiger partial charge in [-0.25, -0.2) is 14.8 Å². The van der Waals surface area contributed by atoms with Gasteiger partial charge in [0, 0.05) is 99.1 Å². The van der Waals surface area contributed by atoms with E-state index in [1.807, 2.05) is 49.5 Å². The van der Waals surface area contributed by atoms with Crippen LogP contribution in [0.2, 0.25) is 0 Å². The molecule has 2 aromatic heterocycles. The molecule has 1 aliphatic carbocycles. The fourth-order valence-corrected chi connectivity index (χ4v) is 15.3. The minimum absolute atomic E-state index is 0.00811. The van der Waals surface area contributed by atoms with Gasteiger partial charge in [0.1, 0.15) is 59.8 Å². The number of amides is 6. The Hall–Kier alpha value is -7.65. The molecule has 558 valence electrons. The van der Waals surface area contributed by atoms with Gasteiger partial charge in [0.05, 0.1) is 48.8 Å². The molecule has 2 aliphatic heterocycles. The molecule has 4 aromatic rings. The molecule has 30 nitrogen and oxygen atoms in total. The number of carboxylic acids is 3. The van der Waals surface area contributed by atoms with Crippen LogP contribution in [-0.2, 0) is 62.7 Å². The fourth-order valence-electron chi connectivity index (χ4n) is 11.9. The number of hydrogen-bond donors (Lipinski definition) is 11. The molecule has 103 heavy (non-hydrogen) atoms. The Morgan fingerprint density at radius 2 is 1.58 bits per heavy atom. The number of fused-ring (bicyclic) bond motifs is 3. The number of hydrogen-bond acceptors (Lipinski definition) is 22. The third kappa shape index (κ3) is 25.0. The molecule has 0 saturated carbocycles. The third-order valence-corrected chi connectivity index (χ3v) is 21.1. The number of rotatable bonds is 42. The maximum Gasteiger partial charge on any atom is 0.326 e. The molecule has 12 N–H and O–H groups in total. The predicted molar refractivity (Wildman–Crippen MR) is 393 cm³/mol. The minimum atomic E-state index is -1.87. The number of unbranched alkanes of at least 4 members (excludes halogenated alkanes) is 2. The topological polar surface area (TPSA) is 433 Å². The van der Waals surface area contributed by atoms with Crippen molar-refractivity contribution in [1.29, 1.82) is 0 Å². The van der Waals surface area contributed by atoms with Crippen LogP contribution in [0.5, 0.6) is 5.75 Å². The van der Waals surface area contributed by atoms with E-state index in [-0.39, 0.29) is 119 Å². The van der Waals surface area contributed by atoms with Crippen LogP contribution in [0, 0.1) is 24.7 Å². The number of aliphatic hydroxyl groups is 1. The molecule has 3 aliphatic rings. The number of nitrogens with two attached hydrogens (primary N) is 1. The maximum atomic E-state index is 14.6. The summed E-state index contributed by atoms with van der Waals surface area (Å²) in [6, 6.07) is 7.41. The Labute approximate surface area is 610 Å². The molecule has 1 fully saturated rings. The molecular formula is C68H90N11O19P3S2. The zero-order chi connectivity index (χ0) is 74.5. The molecule has 9 unspecified atom stereocenters. The standard InChI is InChI=1S/C68H90N11O19P3S2/c1-6-16-41-31-52-45(29-39(41)3)62(46-30-40(4)48(70-7-2)32-53(46)95-52)43-18-10-11-19-44(43)67(90)78(5)26-14-22-57(83)75-47(65(88)72-24-12-8-9-21-56(82)76-49(33-59(84)85)66(89)77-50(68(91)92)34-60(86)87)20-15-27-102-103-28-23-55(81)71-25-13-17-42-36-79(64-61(42)63(69)73-38-74-64)58-35-51(80)54(96-58)37-94-100-98-101-97-99-93/h10-11,18-19,29-32,36,38,46-47,49-51,54,58,62,80,93,99-101H,6-9,12,14-16,20-28,33-35,37H2,1-5H3,(H,71,81)(H,72,88)(H,75,83)(H,76,82)(H,77,89)(H,84,85)(H,86,87)(H,91,92)(H2,69,73,74)/b70-48+/t46?,47?,49?,50?,51?,54-,58-,62?/m1/s1. The molecular weight excluding hydrogens is 1430 g/mol. The average molecular weight is 1520 g/mol. The summed E-state index contributed by atoms with van der Waals surface area (Å²) in [6.07, 6.45) is 7.30. The molecule has 35 heteroatoms. The lowest BCUT2D eigenvalue weighted by atomic mass is 9.72. The number of anilines is 1. The number of aliphatic imine (C=N–C) groups is 1. The first-order valence-corrected chi connectivity index (χ1v) is 38.7. The minimum Gasteiger partial charge on any atom is -0.481 e. The second-order valence-corrected chi connectivity index (χ2v) is 29.6. The zero-order valence-corrected chi connectivity index (χ0v) is 62.5. The van der Waals surface area contributed by atoms with Crippen molar-refractivity contribution in [1.82, 2.24) is 46.0 Å². The maximum absolute atomic E-state index is 14.6. The highest BCUT2D eigenvalue weighted by Crippen LogP contribution is 2.50. The summed E-state index contributed by atoms with van der Waals surface area (Å²) in [6.45, 7) is 9.32. The van der Waals surface area contributed by atoms with E-state index >= 15 is 0 Å². The number of nitrogen functional groups attached to an aromatic ring is 1. The van der Waals surface area contributed by atoms with Crippen molar-refractivity contribution in [2.24, 2.45) is 10.9 Å². The lowest BCUT2D eigenvalue weighted by Gasteiger charge is -2.38. The van der Waals surface area contributed by atoms with Crippen molar-refractivity contribution >= 4 is 125 Å². The fraction of sp³-hybridized carbons (Fsp3) is 0.500. The molecule has 6 amide bonds. The number of aliphatic hydroxyl groups excluding tert-OH is 1. The highest BCUT2D eigenvalue weighted by molar-refractivity contribution is 8.76. The van der Waals surface area contributed by atoms with Crippen molar-refractivity contribution in [3.05, 3.63) is 106 Å². The van der Waals surface area contributed by atoms with E-state index in [0.29, 0.717) is 59.5 Å². The predicted octanol–water partition coefficient (Wildman–Crippen LogP) is 6.67. The molecule has 2 aromatic carbocycles. The van der Waals surface area contributed by atoms with E-state index in [4.69, 9.17) is 43.3 Å². The zero-order valence-electron chi connectivity index (χ0n) is 57.8. The quantitative estimate of drug-likeness (QED) is 0.00954. The summed E-state index contributed by atoms with van der Waals surface area (Å²) < 4.78 is 29.9. The number of carbonyl (C=O) groups excluding carboxylic acids is 6. The molecule has 1 saturated heterocycles. The first-order chi connectivity index (χ1) is 49.5. The highest BCUT2D eigenvalue weighted by atomic mass is 33.1. The van der Waals surface area contributed by atoms with Crippen molar-refractivity contribution in [3.8, 4) is 17.6 Å². The van der Waals surface area contributed by atoms with Gasteiger partial charge in [-0.2, -0.15) is 0 Å². The Balaban J connectivity index is 0.915. The number of ether oxygens (including phenoxy) is 2. The largest absolute Gasteiger partial charge is 0.481 e. The third-order valence-electron chi connectivity index (χ3n) is 16.9. The molecule has 4 heterocycles. The highest BCUT2D eigenvalue weighted by Gasteiger charge is 2.41. The van der Waals surface area contributed by atoms with Gasteiger partial charge < -0.3 is 81.1 Å². The lowest BCUT2D eigenvalue weighted by Crippen LogP contribution is -2.52. The van der Waals surface area contributed by atoms with E-state index in [1.165, 1.54) is 33.5 Å². The van der Waals surface area contributed by atoms with Crippen LogP contribution >= 0.6 is 48.7 Å². The number of carboxylic acid groups (broad SMARTS) is 3. The number of allylic oxidation sites excluding steroid dienone is 3. The number of aryl methyl sites for hydroxylation is 2. The molecule has 11 atom stereocenters. The second kappa shape index (κ2) is 42.3. The van der Waals surface area contributed by atoms with E-state index in [1.54, 1.807) is 22.7 Å². The first-order valence-electron chi connectivity index (χ1n) is 33.7. The molecule has 0 bridgehead atoms. The van der Waals surface area contributed by atoms with Gasteiger partial charge in [0.25, 0.3) is 5.91 Å². The summed E-state index contributed by atoms with van der Waals surface area (Å²) in [4.78, 5) is 139. The van der Waals surface area contributed by atoms with Crippen molar-refractivity contribution in [3.63, 3.8) is 0 Å². The van der Waals surface area contributed by atoms with Crippen LogP contribution < -0.4 is 37.1 Å². The summed E-state index contributed by atoms with van der Waals surface area (Å²) in [5.41, 5.74) is 13.8. The number of carbonyl (C=O) groups is 9. The van der Waals surface area contributed by atoms with Crippen LogP contribution in [0.3, 0.4) is 0 Å². The number of nitrogens with one attached hydrogen (secondary N) is 5. The summed E-state index contributed by atoms with van der Waals surface area (Å²) in [5.74, 6) is 0.371. The summed E-state index contributed by atoms with van der Waals surface area (Å²) >= 11 is 0. The molecule has 0 spiro atoms. The van der Waals surface area contributed by atoms with Gasteiger partial charge in [0.15, 0.2) is 27.1 Å².